The van der Waals surface area contributed by atoms with E-state index >= 15 is 0 Å². The Balaban J connectivity index is 1.48. The third-order valence-corrected chi connectivity index (χ3v) is 5.46. The standard InChI is InChI=1S/C20H25N5O2/c1-12(7-8-13-4-3-10-22-19(13)21)23-16-9-11-25-17-14(18(16)26)5-2-6-15(17)24-20(25)27/h2-6,10,12,16,18,23,26H,7-9,11H2,1H3,(H2,21,22)(H,24,27)/t12-,16+,18+/m0/s1. The van der Waals surface area contributed by atoms with Crippen molar-refractivity contribution in [3.8, 4) is 0 Å². The number of pyridine rings is 1. The highest BCUT2D eigenvalue weighted by atomic mass is 16.3. The molecule has 142 valence electrons. The van der Waals surface area contributed by atoms with E-state index in [0.717, 1.165) is 35.0 Å². The van der Waals surface area contributed by atoms with Crippen LogP contribution in [0.15, 0.2) is 41.3 Å². The lowest BCUT2D eigenvalue weighted by Crippen LogP contribution is -2.41. The van der Waals surface area contributed by atoms with Crippen LogP contribution in [0.4, 0.5) is 5.82 Å². The maximum absolute atomic E-state index is 12.2. The highest BCUT2D eigenvalue weighted by molar-refractivity contribution is 5.79. The van der Waals surface area contributed by atoms with Crippen molar-refractivity contribution in [2.75, 3.05) is 5.73 Å². The molecule has 2 aromatic heterocycles. The number of para-hydroxylation sites is 1. The van der Waals surface area contributed by atoms with Gasteiger partial charge in [-0.3, -0.25) is 4.57 Å². The molecule has 3 aromatic rings. The molecule has 0 unspecified atom stereocenters. The predicted octanol–water partition coefficient (Wildman–Crippen LogP) is 1.72. The first-order valence-electron chi connectivity index (χ1n) is 9.39. The van der Waals surface area contributed by atoms with E-state index < -0.39 is 6.10 Å². The molecule has 4 rings (SSSR count). The number of H-pyrrole nitrogens is 1. The number of aryl methyl sites for hydroxylation is 2. The number of nitrogens with one attached hydrogen (secondary N) is 2. The van der Waals surface area contributed by atoms with Crippen LogP contribution in [0.5, 0.6) is 0 Å². The van der Waals surface area contributed by atoms with Gasteiger partial charge in [-0.25, -0.2) is 9.78 Å². The third kappa shape index (κ3) is 3.36. The van der Waals surface area contributed by atoms with Crippen LogP contribution in [-0.2, 0) is 13.0 Å². The summed E-state index contributed by atoms with van der Waals surface area (Å²) in [4.78, 5) is 19.2. The fourth-order valence-electron chi connectivity index (χ4n) is 4.00. The molecule has 0 fully saturated rings. The van der Waals surface area contributed by atoms with Crippen LogP contribution in [0.3, 0.4) is 0 Å². The summed E-state index contributed by atoms with van der Waals surface area (Å²) in [7, 11) is 0. The van der Waals surface area contributed by atoms with Crippen molar-refractivity contribution in [2.45, 2.75) is 50.9 Å². The zero-order valence-corrected chi connectivity index (χ0v) is 15.4. The number of imidazole rings is 1. The van der Waals surface area contributed by atoms with E-state index in [-0.39, 0.29) is 17.8 Å². The first-order chi connectivity index (χ1) is 13.0. The SMILES string of the molecule is C[C@@H](CCc1cccnc1N)N[C@@H]1CCn2c(=O)[nH]c3cccc(c32)[C@H]1O. The predicted molar refractivity (Wildman–Crippen MR) is 105 cm³/mol. The van der Waals surface area contributed by atoms with Gasteiger partial charge in [0, 0.05) is 30.4 Å². The summed E-state index contributed by atoms with van der Waals surface area (Å²) in [5, 5.41) is 14.5. The zero-order chi connectivity index (χ0) is 19.0. The Kier molecular flexibility index (Phi) is 4.72. The number of aromatic amines is 1. The fraction of sp³-hybridized carbons (Fsp3) is 0.400. The van der Waals surface area contributed by atoms with Gasteiger partial charge < -0.3 is 21.1 Å². The average Bonchev–Trinajstić information content (AvgIpc) is 2.91. The van der Waals surface area contributed by atoms with E-state index in [1.165, 1.54) is 0 Å². The molecule has 5 N–H and O–H groups in total. The van der Waals surface area contributed by atoms with E-state index in [2.05, 4.69) is 22.2 Å². The maximum atomic E-state index is 12.2. The number of anilines is 1. The Morgan fingerprint density at radius 2 is 2.26 bits per heavy atom. The van der Waals surface area contributed by atoms with Gasteiger partial charge in [-0.05, 0) is 43.9 Å². The van der Waals surface area contributed by atoms with Crippen LogP contribution in [0.1, 0.15) is 37.0 Å². The first-order valence-corrected chi connectivity index (χ1v) is 9.39. The molecule has 0 aliphatic carbocycles. The first kappa shape index (κ1) is 17.8. The lowest BCUT2D eigenvalue weighted by molar-refractivity contribution is 0.119. The number of benzene rings is 1. The van der Waals surface area contributed by atoms with Crippen LogP contribution in [0, 0.1) is 0 Å². The fourth-order valence-corrected chi connectivity index (χ4v) is 4.00. The summed E-state index contributed by atoms with van der Waals surface area (Å²) in [6.45, 7) is 2.69. The molecule has 0 radical (unpaired) electrons. The monoisotopic (exact) mass is 367 g/mol. The van der Waals surface area contributed by atoms with E-state index in [4.69, 9.17) is 5.73 Å². The lowest BCUT2D eigenvalue weighted by Gasteiger charge is -2.26. The van der Waals surface area contributed by atoms with E-state index in [0.29, 0.717) is 18.8 Å². The number of nitrogens with two attached hydrogens (primary N) is 1. The topological polar surface area (TPSA) is 109 Å². The van der Waals surface area contributed by atoms with Crippen molar-refractivity contribution >= 4 is 16.9 Å². The number of hydrogen-bond acceptors (Lipinski definition) is 5. The second kappa shape index (κ2) is 7.17. The molecule has 1 aliphatic rings. The second-order valence-electron chi connectivity index (χ2n) is 7.32. The molecule has 0 saturated carbocycles. The van der Waals surface area contributed by atoms with Gasteiger partial charge in [0.15, 0.2) is 0 Å². The van der Waals surface area contributed by atoms with Gasteiger partial charge >= 0.3 is 5.69 Å². The van der Waals surface area contributed by atoms with Gasteiger partial charge in [0.1, 0.15) is 5.82 Å². The number of nitrogen functional groups attached to an aromatic ring is 1. The van der Waals surface area contributed by atoms with Crippen molar-refractivity contribution < 1.29 is 5.11 Å². The third-order valence-electron chi connectivity index (χ3n) is 5.46. The summed E-state index contributed by atoms with van der Waals surface area (Å²) in [6, 6.07) is 9.62. The molecule has 0 saturated heterocycles. The molecule has 7 nitrogen and oxygen atoms in total. The number of aromatic nitrogens is 3. The van der Waals surface area contributed by atoms with Gasteiger partial charge in [-0.15, -0.1) is 0 Å². The summed E-state index contributed by atoms with van der Waals surface area (Å²) in [6.07, 6.45) is 3.42. The van der Waals surface area contributed by atoms with Gasteiger partial charge in [0.25, 0.3) is 0 Å². The quantitative estimate of drug-likeness (QED) is 0.549. The molecule has 3 atom stereocenters. The molecule has 27 heavy (non-hydrogen) atoms. The normalized spacial score (nSPS) is 20.5. The van der Waals surface area contributed by atoms with Gasteiger partial charge in [0.2, 0.25) is 0 Å². The smallest absolute Gasteiger partial charge is 0.326 e. The molecule has 1 aliphatic heterocycles. The number of nitrogens with zero attached hydrogens (tertiary/aromatic N) is 2. The Morgan fingerprint density at radius 3 is 3.07 bits per heavy atom. The second-order valence-corrected chi connectivity index (χ2v) is 7.32. The number of hydrogen-bond donors (Lipinski definition) is 4. The Bertz CT molecular complexity index is 1010. The van der Waals surface area contributed by atoms with E-state index in [9.17, 15) is 9.90 Å². The maximum Gasteiger partial charge on any atom is 0.326 e. The minimum absolute atomic E-state index is 0.115. The average molecular weight is 367 g/mol. The minimum Gasteiger partial charge on any atom is -0.387 e. The van der Waals surface area contributed by atoms with E-state index in [1.54, 1.807) is 10.8 Å². The molecule has 1 aromatic carbocycles. The van der Waals surface area contributed by atoms with Crippen LogP contribution < -0.4 is 16.7 Å². The molecular formula is C20H25N5O2. The Labute approximate surface area is 157 Å². The molecule has 0 amide bonds. The number of rotatable bonds is 5. The van der Waals surface area contributed by atoms with Crippen LogP contribution in [-0.4, -0.2) is 31.7 Å². The Morgan fingerprint density at radius 1 is 1.41 bits per heavy atom. The molecule has 0 bridgehead atoms. The summed E-state index contributed by atoms with van der Waals surface area (Å²) >= 11 is 0. The van der Waals surface area contributed by atoms with Crippen LogP contribution in [0.25, 0.3) is 11.0 Å². The van der Waals surface area contributed by atoms with Gasteiger partial charge in [0.05, 0.1) is 17.1 Å². The highest BCUT2D eigenvalue weighted by Crippen LogP contribution is 2.30. The molecule has 7 heteroatoms. The largest absolute Gasteiger partial charge is 0.387 e. The van der Waals surface area contributed by atoms with Crippen molar-refractivity contribution in [2.24, 2.45) is 0 Å². The van der Waals surface area contributed by atoms with Crippen LogP contribution in [0.2, 0.25) is 0 Å². The Hall–Kier alpha value is -2.64. The molecular weight excluding hydrogens is 342 g/mol. The van der Waals surface area contributed by atoms with Gasteiger partial charge in [-0.1, -0.05) is 18.2 Å². The van der Waals surface area contributed by atoms with Crippen molar-refractivity contribution in [1.82, 2.24) is 19.9 Å². The number of aliphatic hydroxyl groups is 1. The summed E-state index contributed by atoms with van der Waals surface area (Å²) in [5.41, 5.74) is 9.23. The summed E-state index contributed by atoms with van der Waals surface area (Å²) < 4.78 is 1.73. The lowest BCUT2D eigenvalue weighted by atomic mass is 9.98. The van der Waals surface area contributed by atoms with Gasteiger partial charge in [-0.2, -0.15) is 0 Å². The van der Waals surface area contributed by atoms with E-state index in [1.807, 2.05) is 30.3 Å². The highest BCUT2D eigenvalue weighted by Gasteiger charge is 2.29. The van der Waals surface area contributed by atoms with Crippen molar-refractivity contribution in [3.63, 3.8) is 0 Å². The summed E-state index contributed by atoms with van der Waals surface area (Å²) in [5.74, 6) is 0.574. The minimum atomic E-state index is -0.663. The van der Waals surface area contributed by atoms with Crippen LogP contribution >= 0.6 is 0 Å². The molecule has 3 heterocycles. The molecule has 0 spiro atoms. The zero-order valence-electron chi connectivity index (χ0n) is 15.4. The van der Waals surface area contributed by atoms with Crippen molar-refractivity contribution in [1.29, 1.82) is 0 Å². The van der Waals surface area contributed by atoms with Crippen molar-refractivity contribution in [3.05, 3.63) is 58.1 Å². The number of aliphatic hydroxyl groups excluding tert-OH is 1.